The maximum Gasteiger partial charge on any atom is 0.325 e. The molecule has 2 saturated heterocycles. The van der Waals surface area contributed by atoms with Gasteiger partial charge in [0, 0.05) is 39.8 Å². The Morgan fingerprint density at radius 1 is 1.13 bits per heavy atom. The summed E-state index contributed by atoms with van der Waals surface area (Å²) in [6.07, 6.45) is 1.94. The summed E-state index contributed by atoms with van der Waals surface area (Å²) in [5, 5.41) is 2.50. The van der Waals surface area contributed by atoms with E-state index in [1.165, 1.54) is 29.5 Å². The van der Waals surface area contributed by atoms with Crippen molar-refractivity contribution in [1.29, 1.82) is 0 Å². The predicted octanol–water partition coefficient (Wildman–Crippen LogP) is 1.77. The van der Waals surface area contributed by atoms with Gasteiger partial charge in [-0.2, -0.15) is 0 Å². The van der Waals surface area contributed by atoms with Crippen molar-refractivity contribution in [2.45, 2.75) is 52.4 Å². The van der Waals surface area contributed by atoms with Crippen LogP contribution in [0, 0.1) is 13.8 Å². The molecular weight excluding hydrogens is 392 g/mol. The third kappa shape index (κ3) is 4.26. The van der Waals surface area contributed by atoms with E-state index in [2.05, 4.69) is 59.0 Å². The van der Waals surface area contributed by atoms with Gasteiger partial charge >= 0.3 is 6.03 Å². The Bertz CT molecular complexity index is 877. The molecule has 1 aromatic rings. The molecule has 0 aliphatic carbocycles. The molecule has 0 radical (unpaired) electrons. The molecule has 0 saturated carbocycles. The van der Waals surface area contributed by atoms with Gasteiger partial charge in [-0.05, 0) is 37.9 Å². The lowest BCUT2D eigenvalue weighted by molar-refractivity contribution is -0.127. The van der Waals surface area contributed by atoms with Crippen LogP contribution in [0.15, 0.2) is 23.2 Å². The minimum atomic E-state index is -0.504. The highest BCUT2D eigenvalue weighted by molar-refractivity contribution is 6.03. The largest absolute Gasteiger partial charge is 0.340 e. The monoisotopic (exact) mass is 426 g/mol. The molecule has 1 aromatic carbocycles. The molecule has 0 spiro atoms. The summed E-state index contributed by atoms with van der Waals surface area (Å²) in [7, 11) is 1.71. The van der Waals surface area contributed by atoms with E-state index in [4.69, 9.17) is 4.99 Å². The second kappa shape index (κ2) is 8.86. The molecule has 0 bridgehead atoms. The lowest BCUT2D eigenvalue weighted by Gasteiger charge is -2.40. The molecular formula is C23H34N6O2. The number of piperazine rings is 1. The molecule has 2 atom stereocenters. The van der Waals surface area contributed by atoms with Crippen LogP contribution in [0.4, 0.5) is 4.79 Å². The third-order valence-electron chi connectivity index (χ3n) is 6.67. The molecule has 3 heterocycles. The summed E-state index contributed by atoms with van der Waals surface area (Å²) >= 11 is 0. The number of urea groups is 1. The second-order valence-electron chi connectivity index (χ2n) is 8.93. The number of amides is 3. The van der Waals surface area contributed by atoms with Crippen molar-refractivity contribution < 1.29 is 9.59 Å². The lowest BCUT2D eigenvalue weighted by Crippen LogP contribution is -2.64. The van der Waals surface area contributed by atoms with Crippen LogP contribution in [0.25, 0.3) is 0 Å². The van der Waals surface area contributed by atoms with Crippen LogP contribution in [0.2, 0.25) is 0 Å². The average Bonchev–Trinajstić information content (AvgIpc) is 3.13. The number of carbonyl (C=O) groups excluding carboxylic acids is 2. The number of nitrogens with zero attached hydrogens (tertiary/aromatic N) is 5. The van der Waals surface area contributed by atoms with Crippen LogP contribution in [0.1, 0.15) is 36.5 Å². The number of guanidine groups is 1. The highest BCUT2D eigenvalue weighted by Gasteiger charge is 2.49. The smallest absolute Gasteiger partial charge is 0.325 e. The summed E-state index contributed by atoms with van der Waals surface area (Å²) in [4.78, 5) is 38.5. The van der Waals surface area contributed by atoms with Crippen molar-refractivity contribution in [2.75, 3.05) is 39.8 Å². The molecule has 168 valence electrons. The van der Waals surface area contributed by atoms with Crippen LogP contribution in [-0.2, 0) is 11.3 Å². The van der Waals surface area contributed by atoms with Crippen LogP contribution in [-0.4, -0.2) is 89.5 Å². The molecule has 0 aromatic heterocycles. The molecule has 3 amide bonds. The standard InChI is InChI=1S/C23H34N6O2/c1-5-6-9-27-10-12-28(13-11-27)22-24-20-19(21(30)25-23(31)26(20)4)29(22)15-18-14-16(2)7-8-17(18)3/h7-8,14,19-20H,5-6,9-13,15H2,1-4H3,(H,25,30,31). The highest BCUT2D eigenvalue weighted by atomic mass is 16.2. The highest BCUT2D eigenvalue weighted by Crippen LogP contribution is 2.28. The average molecular weight is 427 g/mol. The third-order valence-corrected chi connectivity index (χ3v) is 6.67. The number of hydrogen-bond acceptors (Lipinski definition) is 6. The van der Waals surface area contributed by atoms with Gasteiger partial charge in [0.1, 0.15) is 0 Å². The SMILES string of the molecule is CCCCN1CCN(C2=NC3C(C(=O)NC(=O)N3C)N2Cc2cc(C)ccc2C)CC1. The Morgan fingerprint density at radius 2 is 1.87 bits per heavy atom. The van der Waals surface area contributed by atoms with Gasteiger partial charge in [0.15, 0.2) is 18.2 Å². The molecule has 2 fully saturated rings. The van der Waals surface area contributed by atoms with Crippen molar-refractivity contribution in [3.8, 4) is 0 Å². The van der Waals surface area contributed by atoms with Crippen LogP contribution < -0.4 is 5.32 Å². The minimum absolute atomic E-state index is 0.265. The zero-order valence-corrected chi connectivity index (χ0v) is 19.1. The predicted molar refractivity (Wildman–Crippen MR) is 121 cm³/mol. The molecule has 8 heteroatoms. The van der Waals surface area contributed by atoms with E-state index in [-0.39, 0.29) is 11.9 Å². The first-order valence-electron chi connectivity index (χ1n) is 11.3. The van der Waals surface area contributed by atoms with Gasteiger partial charge in [-0.3, -0.25) is 15.0 Å². The van der Waals surface area contributed by atoms with Crippen molar-refractivity contribution in [3.63, 3.8) is 0 Å². The number of benzene rings is 1. The van der Waals surface area contributed by atoms with Crippen LogP contribution in [0.5, 0.6) is 0 Å². The summed E-state index contributed by atoms with van der Waals surface area (Å²) in [5.41, 5.74) is 3.57. The first kappa shape index (κ1) is 21.6. The Morgan fingerprint density at radius 3 is 2.58 bits per heavy atom. The number of unbranched alkanes of at least 4 members (excludes halogenated alkanes) is 1. The Kier molecular flexibility index (Phi) is 6.18. The van der Waals surface area contributed by atoms with Crippen LogP contribution in [0.3, 0.4) is 0 Å². The molecule has 8 nitrogen and oxygen atoms in total. The molecule has 2 unspecified atom stereocenters. The summed E-state index contributed by atoms with van der Waals surface area (Å²) < 4.78 is 0. The number of fused-ring (bicyclic) bond motifs is 1. The van der Waals surface area contributed by atoms with Gasteiger partial charge in [0.25, 0.3) is 5.91 Å². The van der Waals surface area contributed by atoms with Crippen molar-refractivity contribution in [2.24, 2.45) is 4.99 Å². The Hall–Kier alpha value is -2.61. The fraction of sp³-hybridized carbons (Fsp3) is 0.609. The summed E-state index contributed by atoms with van der Waals surface area (Å²) in [6.45, 7) is 11.9. The molecule has 3 aliphatic rings. The Labute approximate surface area is 184 Å². The molecule has 3 aliphatic heterocycles. The van der Waals surface area contributed by atoms with Crippen LogP contribution >= 0.6 is 0 Å². The maximum atomic E-state index is 12.9. The van der Waals surface area contributed by atoms with E-state index in [0.717, 1.165) is 38.7 Å². The Balaban J connectivity index is 1.60. The van der Waals surface area contributed by atoms with Crippen molar-refractivity contribution in [1.82, 2.24) is 24.9 Å². The van der Waals surface area contributed by atoms with E-state index in [9.17, 15) is 9.59 Å². The topological polar surface area (TPSA) is 71.5 Å². The number of likely N-dealkylation sites (N-methyl/N-ethyl adjacent to an activating group) is 1. The number of rotatable bonds is 5. The van der Waals surface area contributed by atoms with Gasteiger partial charge in [-0.15, -0.1) is 0 Å². The number of hydrogen-bond donors (Lipinski definition) is 1. The summed E-state index contributed by atoms with van der Waals surface area (Å²) in [6, 6.07) is 5.52. The van der Waals surface area contributed by atoms with E-state index in [1.807, 2.05) is 0 Å². The van der Waals surface area contributed by atoms with E-state index in [0.29, 0.717) is 6.54 Å². The molecule has 1 N–H and O–H groups in total. The number of carbonyl (C=O) groups is 2. The quantitative estimate of drug-likeness (QED) is 0.777. The fourth-order valence-corrected chi connectivity index (χ4v) is 4.65. The van der Waals surface area contributed by atoms with E-state index < -0.39 is 12.2 Å². The first-order valence-corrected chi connectivity index (χ1v) is 11.3. The van der Waals surface area contributed by atoms with Gasteiger partial charge in [0.05, 0.1) is 0 Å². The zero-order chi connectivity index (χ0) is 22.1. The normalized spacial score (nSPS) is 24.4. The lowest BCUT2D eigenvalue weighted by atomic mass is 10.0. The fourth-order valence-electron chi connectivity index (χ4n) is 4.65. The van der Waals surface area contributed by atoms with Crippen molar-refractivity contribution >= 4 is 17.9 Å². The number of aryl methyl sites for hydroxylation is 2. The second-order valence-corrected chi connectivity index (χ2v) is 8.93. The first-order chi connectivity index (χ1) is 14.9. The van der Waals surface area contributed by atoms with Crippen molar-refractivity contribution in [3.05, 3.63) is 34.9 Å². The molecule has 4 rings (SSSR count). The van der Waals surface area contributed by atoms with E-state index in [1.54, 1.807) is 11.9 Å². The maximum absolute atomic E-state index is 12.9. The van der Waals surface area contributed by atoms with E-state index >= 15 is 0 Å². The van der Waals surface area contributed by atoms with Gasteiger partial charge in [-0.25, -0.2) is 9.79 Å². The van der Waals surface area contributed by atoms with Gasteiger partial charge in [0.2, 0.25) is 0 Å². The number of imide groups is 1. The minimum Gasteiger partial charge on any atom is -0.340 e. The zero-order valence-electron chi connectivity index (χ0n) is 19.1. The number of aliphatic imine (C=N–C) groups is 1. The van der Waals surface area contributed by atoms with Gasteiger partial charge in [-0.1, -0.05) is 37.1 Å². The summed E-state index contributed by atoms with van der Waals surface area (Å²) in [5.74, 6) is 0.571. The van der Waals surface area contributed by atoms with Gasteiger partial charge < -0.3 is 14.7 Å². The molecule has 31 heavy (non-hydrogen) atoms. The number of nitrogens with one attached hydrogen (secondary N) is 1.